The van der Waals surface area contributed by atoms with E-state index < -0.39 is 0 Å². The maximum Gasteiger partial charge on any atom is 0.136 e. The molecule has 0 atom stereocenters. The van der Waals surface area contributed by atoms with Crippen molar-refractivity contribution >= 4 is 49.8 Å². The Balaban J connectivity index is 1.08. The fourth-order valence-corrected chi connectivity index (χ4v) is 8.86. The lowest BCUT2D eigenvalue weighted by Crippen LogP contribution is -2.11. The Hall–Kier alpha value is -7.94. The van der Waals surface area contributed by atoms with Gasteiger partial charge in [-0.05, 0) is 103 Å². The van der Waals surface area contributed by atoms with Crippen LogP contribution < -0.4 is 4.90 Å². The molecule has 282 valence electrons. The molecule has 0 saturated carbocycles. The molecule has 0 amide bonds. The maximum atomic E-state index is 6.34. The Labute approximate surface area is 349 Å². The van der Waals surface area contributed by atoms with Crippen molar-refractivity contribution in [2.24, 2.45) is 0 Å². The van der Waals surface area contributed by atoms with Crippen LogP contribution in [0, 0.1) is 0 Å². The number of anilines is 3. The average Bonchev–Trinajstić information content (AvgIpc) is 3.72. The van der Waals surface area contributed by atoms with Crippen LogP contribution in [0.2, 0.25) is 0 Å². The fraction of sp³-hybridized carbons (Fsp3) is 0. The third-order valence-electron chi connectivity index (χ3n) is 11.7. The minimum absolute atomic E-state index is 0.888. The van der Waals surface area contributed by atoms with Gasteiger partial charge in [0.25, 0.3) is 0 Å². The van der Waals surface area contributed by atoms with Crippen LogP contribution in [0.25, 0.3) is 88.3 Å². The van der Waals surface area contributed by atoms with Crippen LogP contribution in [0.1, 0.15) is 0 Å². The second kappa shape index (κ2) is 15.1. The molecule has 0 spiro atoms. The van der Waals surface area contributed by atoms with Gasteiger partial charge in [-0.15, -0.1) is 0 Å². The molecule has 0 unspecified atom stereocenters. The molecule has 2 heteroatoms. The van der Waals surface area contributed by atoms with Crippen LogP contribution in [-0.2, 0) is 0 Å². The maximum absolute atomic E-state index is 6.34. The number of benzene rings is 10. The quantitative estimate of drug-likeness (QED) is 0.153. The number of hydrogen-bond donors (Lipinski definition) is 0. The van der Waals surface area contributed by atoms with Crippen molar-refractivity contribution in [2.75, 3.05) is 4.90 Å². The largest absolute Gasteiger partial charge is 0.456 e. The predicted molar refractivity (Wildman–Crippen MR) is 253 cm³/mol. The van der Waals surface area contributed by atoms with E-state index in [-0.39, 0.29) is 0 Å². The SMILES string of the molecule is c1ccc(-c2ccc(-c3ccc(N(c4cccc(-c5cccc6oc7ccccc7c56)c4)c4ccccc4-c4cccc5cccc(-c6ccccc6)c45)cc3)cc2)cc1. The van der Waals surface area contributed by atoms with E-state index in [1.807, 2.05) is 12.1 Å². The second-order valence-corrected chi connectivity index (χ2v) is 15.2. The zero-order valence-corrected chi connectivity index (χ0v) is 32.9. The van der Waals surface area contributed by atoms with Gasteiger partial charge in [-0.2, -0.15) is 0 Å². The average molecular weight is 766 g/mol. The van der Waals surface area contributed by atoms with Gasteiger partial charge in [0.2, 0.25) is 0 Å². The Kier molecular flexibility index (Phi) is 8.87. The molecule has 1 aromatic heterocycles. The summed E-state index contributed by atoms with van der Waals surface area (Å²) in [6.45, 7) is 0. The highest BCUT2D eigenvalue weighted by Crippen LogP contribution is 2.46. The van der Waals surface area contributed by atoms with Crippen LogP contribution >= 0.6 is 0 Å². The smallest absolute Gasteiger partial charge is 0.136 e. The van der Waals surface area contributed by atoms with Crippen molar-refractivity contribution in [1.29, 1.82) is 0 Å². The van der Waals surface area contributed by atoms with E-state index in [1.165, 1.54) is 49.7 Å². The highest BCUT2D eigenvalue weighted by molar-refractivity contribution is 6.13. The van der Waals surface area contributed by atoms with Gasteiger partial charge in [0, 0.05) is 27.7 Å². The zero-order chi connectivity index (χ0) is 39.8. The Morgan fingerprint density at radius 1 is 0.283 bits per heavy atom. The first-order valence-electron chi connectivity index (χ1n) is 20.5. The van der Waals surface area contributed by atoms with E-state index in [0.717, 1.165) is 55.7 Å². The summed E-state index contributed by atoms with van der Waals surface area (Å²) >= 11 is 0. The summed E-state index contributed by atoms with van der Waals surface area (Å²) in [6, 6.07) is 84.9. The predicted octanol–water partition coefficient (Wildman–Crippen LogP) is 16.5. The van der Waals surface area contributed by atoms with Crippen LogP contribution in [0.15, 0.2) is 241 Å². The lowest BCUT2D eigenvalue weighted by molar-refractivity contribution is 0.669. The van der Waals surface area contributed by atoms with Gasteiger partial charge in [0.1, 0.15) is 11.2 Å². The Morgan fingerprint density at radius 2 is 0.783 bits per heavy atom. The molecule has 11 rings (SSSR count). The van der Waals surface area contributed by atoms with Crippen molar-refractivity contribution in [3.63, 3.8) is 0 Å². The van der Waals surface area contributed by atoms with E-state index in [4.69, 9.17) is 4.42 Å². The molecule has 0 bridgehead atoms. The van der Waals surface area contributed by atoms with Gasteiger partial charge in [0.05, 0.1) is 5.69 Å². The highest BCUT2D eigenvalue weighted by Gasteiger charge is 2.21. The van der Waals surface area contributed by atoms with Crippen LogP contribution in [0.5, 0.6) is 0 Å². The molecule has 0 radical (unpaired) electrons. The highest BCUT2D eigenvalue weighted by atomic mass is 16.3. The van der Waals surface area contributed by atoms with E-state index in [9.17, 15) is 0 Å². The van der Waals surface area contributed by atoms with Gasteiger partial charge in [-0.3, -0.25) is 0 Å². The van der Waals surface area contributed by atoms with Crippen molar-refractivity contribution in [3.05, 3.63) is 237 Å². The van der Waals surface area contributed by atoms with E-state index in [1.54, 1.807) is 0 Å². The summed E-state index contributed by atoms with van der Waals surface area (Å²) in [5.74, 6) is 0. The van der Waals surface area contributed by atoms with Gasteiger partial charge in [-0.25, -0.2) is 0 Å². The monoisotopic (exact) mass is 765 g/mol. The van der Waals surface area contributed by atoms with Gasteiger partial charge in [0.15, 0.2) is 0 Å². The number of para-hydroxylation sites is 2. The van der Waals surface area contributed by atoms with E-state index in [2.05, 4.69) is 229 Å². The summed E-state index contributed by atoms with van der Waals surface area (Å²) in [5, 5.41) is 4.69. The van der Waals surface area contributed by atoms with Crippen LogP contribution in [0.4, 0.5) is 17.1 Å². The van der Waals surface area contributed by atoms with Crippen molar-refractivity contribution in [3.8, 4) is 55.6 Å². The molecule has 10 aromatic carbocycles. The molecule has 0 aliphatic carbocycles. The lowest BCUT2D eigenvalue weighted by atomic mass is 9.90. The third kappa shape index (κ3) is 6.32. The summed E-state index contributed by atoms with van der Waals surface area (Å²) in [7, 11) is 0. The van der Waals surface area contributed by atoms with Crippen LogP contribution in [0.3, 0.4) is 0 Å². The molecular weight excluding hydrogens is 727 g/mol. The molecular formula is C58H39NO. The Bertz CT molecular complexity index is 3290. The molecule has 1 heterocycles. The third-order valence-corrected chi connectivity index (χ3v) is 11.7. The van der Waals surface area contributed by atoms with Gasteiger partial charge < -0.3 is 9.32 Å². The summed E-state index contributed by atoms with van der Waals surface area (Å²) < 4.78 is 6.34. The van der Waals surface area contributed by atoms with Crippen molar-refractivity contribution in [2.45, 2.75) is 0 Å². The number of furan rings is 1. The van der Waals surface area contributed by atoms with Crippen LogP contribution in [-0.4, -0.2) is 0 Å². The summed E-state index contributed by atoms with van der Waals surface area (Å²) in [4.78, 5) is 2.42. The first kappa shape index (κ1) is 35.2. The summed E-state index contributed by atoms with van der Waals surface area (Å²) in [5.41, 5.74) is 16.8. The zero-order valence-electron chi connectivity index (χ0n) is 32.9. The lowest BCUT2D eigenvalue weighted by Gasteiger charge is -2.29. The second-order valence-electron chi connectivity index (χ2n) is 15.2. The van der Waals surface area contributed by atoms with Crippen molar-refractivity contribution in [1.82, 2.24) is 0 Å². The Morgan fingerprint density at radius 3 is 1.52 bits per heavy atom. The van der Waals surface area contributed by atoms with Gasteiger partial charge in [-0.1, -0.05) is 194 Å². The molecule has 11 aromatic rings. The number of hydrogen-bond acceptors (Lipinski definition) is 2. The first-order valence-corrected chi connectivity index (χ1v) is 20.5. The minimum Gasteiger partial charge on any atom is -0.456 e. The number of fused-ring (bicyclic) bond motifs is 4. The standard InChI is InChI=1S/C58H39NO/c1-3-15-40(16-4-1)41-31-33-42(34-32-41)43-35-37-47(38-36-43)59(48-22-11-21-46(39-48)50-26-14-30-56-58(50)53-24-8-10-29-55(53)60-56)54-28-9-7-23-51(54)52-27-13-20-45-19-12-25-49(57(45)52)44-17-5-2-6-18-44/h1-39H. The minimum atomic E-state index is 0.888. The number of rotatable bonds is 8. The molecule has 0 fully saturated rings. The molecule has 0 aliphatic rings. The molecule has 0 aliphatic heterocycles. The van der Waals surface area contributed by atoms with Gasteiger partial charge >= 0.3 is 0 Å². The topological polar surface area (TPSA) is 16.4 Å². The van der Waals surface area contributed by atoms with E-state index >= 15 is 0 Å². The molecule has 60 heavy (non-hydrogen) atoms. The van der Waals surface area contributed by atoms with Crippen molar-refractivity contribution < 1.29 is 4.42 Å². The molecule has 2 nitrogen and oxygen atoms in total. The molecule has 0 N–H and O–H groups in total. The molecule has 0 saturated heterocycles. The fourth-order valence-electron chi connectivity index (χ4n) is 8.86. The summed E-state index contributed by atoms with van der Waals surface area (Å²) in [6.07, 6.45) is 0. The normalized spacial score (nSPS) is 11.3. The first-order chi connectivity index (χ1) is 29.8. The number of nitrogens with zero attached hydrogens (tertiary/aromatic N) is 1. The van der Waals surface area contributed by atoms with E-state index in [0.29, 0.717) is 0 Å².